The van der Waals surface area contributed by atoms with Gasteiger partial charge in [0.25, 0.3) is 0 Å². The van der Waals surface area contributed by atoms with E-state index in [1.165, 1.54) is 0 Å². The third-order valence-corrected chi connectivity index (χ3v) is 4.73. The largest absolute Gasteiger partial charge is 0.343 e. The van der Waals surface area contributed by atoms with E-state index in [2.05, 4.69) is 23.1 Å². The van der Waals surface area contributed by atoms with E-state index in [4.69, 9.17) is 5.10 Å². The van der Waals surface area contributed by atoms with Crippen molar-refractivity contribution in [1.29, 1.82) is 0 Å². The van der Waals surface area contributed by atoms with Crippen molar-refractivity contribution in [3.05, 3.63) is 103 Å². The molecule has 2 aromatic carbocycles. The van der Waals surface area contributed by atoms with Gasteiger partial charge in [0.1, 0.15) is 12.5 Å². The molecule has 0 amide bonds. The molecule has 3 aromatic rings. The molecule has 0 fully saturated rings. The van der Waals surface area contributed by atoms with Gasteiger partial charge in [0, 0.05) is 18.0 Å². The lowest BCUT2D eigenvalue weighted by atomic mass is 10.0. The van der Waals surface area contributed by atoms with Crippen LogP contribution in [0.4, 0.5) is 0 Å². The molecule has 0 saturated heterocycles. The van der Waals surface area contributed by atoms with Gasteiger partial charge in [-0.05, 0) is 30.2 Å². The Hall–Kier alpha value is -3.40. The molecule has 4 heteroatoms. The van der Waals surface area contributed by atoms with Gasteiger partial charge in [-0.1, -0.05) is 66.7 Å². The molecule has 1 unspecified atom stereocenters. The average Bonchev–Trinajstić information content (AvgIpc) is 3.24. The van der Waals surface area contributed by atoms with E-state index in [1.807, 2.05) is 83.8 Å². The van der Waals surface area contributed by atoms with Gasteiger partial charge in [-0.2, -0.15) is 5.10 Å². The molecule has 1 aliphatic heterocycles. The highest BCUT2D eigenvalue weighted by Gasteiger charge is 2.25. The number of aromatic nitrogens is 2. The second-order valence-electron chi connectivity index (χ2n) is 6.53. The Morgan fingerprint density at radius 1 is 0.963 bits per heavy atom. The summed E-state index contributed by atoms with van der Waals surface area (Å²) < 4.78 is 1.91. The topological polar surface area (TPSA) is 38.1 Å². The maximum Gasteiger partial charge on any atom is 0.142 e. The van der Waals surface area contributed by atoms with Gasteiger partial charge in [-0.3, -0.25) is 0 Å². The summed E-state index contributed by atoms with van der Waals surface area (Å²) in [5.41, 5.74) is 3.14. The summed E-state index contributed by atoms with van der Waals surface area (Å²) in [5.74, 6) is 0. The van der Waals surface area contributed by atoms with Crippen LogP contribution in [-0.4, -0.2) is 27.0 Å². The van der Waals surface area contributed by atoms with E-state index < -0.39 is 0 Å². The number of carbonyl (C=O) groups is 1. The lowest BCUT2D eigenvalue weighted by Gasteiger charge is -2.34. The molecule has 4 rings (SSSR count). The first kappa shape index (κ1) is 17.0. The van der Waals surface area contributed by atoms with Crippen LogP contribution in [0.3, 0.4) is 0 Å². The fourth-order valence-electron chi connectivity index (χ4n) is 3.36. The molecule has 0 bridgehead atoms. The molecule has 134 valence electrons. The summed E-state index contributed by atoms with van der Waals surface area (Å²) in [6.07, 6.45) is 11.5. The molecule has 0 N–H and O–H groups in total. The minimum atomic E-state index is -0.261. The third-order valence-electron chi connectivity index (χ3n) is 4.73. The van der Waals surface area contributed by atoms with Crippen LogP contribution in [0.15, 0.2) is 97.4 Å². The first-order valence-corrected chi connectivity index (χ1v) is 9.07. The number of hydrogen-bond donors (Lipinski definition) is 0. The Morgan fingerprint density at radius 3 is 2.44 bits per heavy atom. The summed E-state index contributed by atoms with van der Waals surface area (Å²) in [6, 6.07) is 21.9. The Balaban J connectivity index is 1.59. The maximum atomic E-state index is 11.9. The van der Waals surface area contributed by atoms with Gasteiger partial charge in [0.2, 0.25) is 0 Å². The highest BCUT2D eigenvalue weighted by molar-refractivity contribution is 5.59. The molecule has 0 radical (unpaired) electrons. The zero-order chi connectivity index (χ0) is 18.5. The van der Waals surface area contributed by atoms with Crippen LogP contribution in [0.1, 0.15) is 11.7 Å². The van der Waals surface area contributed by atoms with Crippen molar-refractivity contribution in [3.8, 4) is 11.3 Å². The van der Waals surface area contributed by atoms with Crippen molar-refractivity contribution < 1.29 is 4.79 Å². The molecular weight excluding hydrogens is 334 g/mol. The van der Waals surface area contributed by atoms with Crippen molar-refractivity contribution >= 4 is 6.29 Å². The van der Waals surface area contributed by atoms with E-state index in [9.17, 15) is 4.79 Å². The number of rotatable bonds is 6. The molecule has 1 aliphatic rings. The van der Waals surface area contributed by atoms with Gasteiger partial charge in [0.15, 0.2) is 0 Å². The van der Waals surface area contributed by atoms with E-state index in [0.29, 0.717) is 6.42 Å². The monoisotopic (exact) mass is 355 g/mol. The third kappa shape index (κ3) is 3.75. The molecule has 2 atom stereocenters. The van der Waals surface area contributed by atoms with Crippen molar-refractivity contribution in [2.75, 3.05) is 0 Å². The highest BCUT2D eigenvalue weighted by atomic mass is 16.1. The summed E-state index contributed by atoms with van der Waals surface area (Å²) in [6.45, 7) is 0. The minimum absolute atomic E-state index is 0.133. The van der Waals surface area contributed by atoms with Crippen molar-refractivity contribution in [2.45, 2.75) is 18.6 Å². The van der Waals surface area contributed by atoms with Gasteiger partial charge < -0.3 is 9.69 Å². The number of hydrogen-bond acceptors (Lipinski definition) is 3. The standard InChI is InChI=1S/C23H21N3O/c27-18-21(17-19-9-3-1-4-10-19)25-15-8-7-13-23(25)26-16-14-22(24-26)20-11-5-2-6-12-20/h1-16,18,21,23H,17H2/t21-,23?/m0/s1. The fourth-order valence-corrected chi connectivity index (χ4v) is 3.36. The lowest BCUT2D eigenvalue weighted by molar-refractivity contribution is -0.112. The van der Waals surface area contributed by atoms with E-state index in [-0.39, 0.29) is 12.2 Å². The van der Waals surface area contributed by atoms with Crippen LogP contribution in [-0.2, 0) is 11.2 Å². The van der Waals surface area contributed by atoms with Crippen LogP contribution < -0.4 is 0 Å². The first-order valence-electron chi connectivity index (χ1n) is 9.07. The predicted molar refractivity (Wildman–Crippen MR) is 107 cm³/mol. The van der Waals surface area contributed by atoms with Gasteiger partial charge in [-0.25, -0.2) is 4.68 Å². The van der Waals surface area contributed by atoms with Gasteiger partial charge in [-0.15, -0.1) is 0 Å². The molecule has 0 aliphatic carbocycles. The van der Waals surface area contributed by atoms with Gasteiger partial charge in [0.05, 0.1) is 11.7 Å². The quantitative estimate of drug-likeness (QED) is 0.621. The first-order chi connectivity index (χ1) is 13.3. The molecule has 27 heavy (non-hydrogen) atoms. The lowest BCUT2D eigenvalue weighted by Crippen LogP contribution is -2.39. The number of nitrogens with zero attached hydrogens (tertiary/aromatic N) is 3. The fraction of sp³-hybridized carbons (Fsp3) is 0.130. The Labute approximate surface area is 159 Å². The van der Waals surface area contributed by atoms with Crippen LogP contribution in [0.5, 0.6) is 0 Å². The van der Waals surface area contributed by atoms with E-state index in [1.54, 1.807) is 0 Å². The van der Waals surface area contributed by atoms with Crippen LogP contribution in [0.25, 0.3) is 11.3 Å². The molecular formula is C23H21N3O. The minimum Gasteiger partial charge on any atom is -0.343 e. The average molecular weight is 355 g/mol. The van der Waals surface area contributed by atoms with Crippen LogP contribution >= 0.6 is 0 Å². The predicted octanol–water partition coefficient (Wildman–Crippen LogP) is 4.24. The second-order valence-corrected chi connectivity index (χ2v) is 6.53. The second kappa shape index (κ2) is 7.87. The van der Waals surface area contributed by atoms with Crippen molar-refractivity contribution in [2.24, 2.45) is 0 Å². The summed E-state index contributed by atoms with van der Waals surface area (Å²) in [5, 5.41) is 4.75. The number of aldehydes is 1. The van der Waals surface area contributed by atoms with E-state index >= 15 is 0 Å². The normalized spacial score (nSPS) is 17.0. The van der Waals surface area contributed by atoms with E-state index in [0.717, 1.165) is 23.1 Å². The molecule has 1 aromatic heterocycles. The van der Waals surface area contributed by atoms with Crippen molar-refractivity contribution in [1.82, 2.24) is 14.7 Å². The zero-order valence-electron chi connectivity index (χ0n) is 14.9. The molecule has 0 spiro atoms. The zero-order valence-corrected chi connectivity index (χ0v) is 14.9. The highest BCUT2D eigenvalue weighted by Crippen LogP contribution is 2.25. The number of allylic oxidation sites excluding steroid dienone is 2. The summed E-state index contributed by atoms with van der Waals surface area (Å²) in [7, 11) is 0. The maximum absolute atomic E-state index is 11.9. The smallest absolute Gasteiger partial charge is 0.142 e. The number of carbonyl (C=O) groups excluding carboxylic acids is 1. The molecule has 4 nitrogen and oxygen atoms in total. The summed E-state index contributed by atoms with van der Waals surface area (Å²) in [4.78, 5) is 13.9. The molecule has 0 saturated carbocycles. The van der Waals surface area contributed by atoms with Crippen LogP contribution in [0.2, 0.25) is 0 Å². The Morgan fingerprint density at radius 2 is 1.70 bits per heavy atom. The van der Waals surface area contributed by atoms with Crippen molar-refractivity contribution in [3.63, 3.8) is 0 Å². The Bertz CT molecular complexity index is 944. The summed E-state index contributed by atoms with van der Waals surface area (Å²) >= 11 is 0. The van der Waals surface area contributed by atoms with Gasteiger partial charge >= 0.3 is 0 Å². The SMILES string of the molecule is O=C[C@H](Cc1ccccc1)N1C=CC=CC1n1ccc(-c2ccccc2)n1. The number of benzene rings is 2. The molecule has 2 heterocycles. The Kier molecular flexibility index (Phi) is 4.97. The van der Waals surface area contributed by atoms with Crippen LogP contribution in [0, 0.1) is 0 Å².